The number of hydrogen-bond donors (Lipinski definition) is 2. The van der Waals surface area contributed by atoms with Gasteiger partial charge in [0.05, 0.1) is 5.41 Å². The van der Waals surface area contributed by atoms with E-state index in [9.17, 15) is 19.5 Å². The molecule has 1 unspecified atom stereocenters. The second-order valence-electron chi connectivity index (χ2n) is 5.84. The van der Waals surface area contributed by atoms with E-state index >= 15 is 0 Å². The SMILES string of the molecule is CC(C)C1(C(=O)O)CCN(C(=O)N2CCNC(=O)C2)C1. The van der Waals surface area contributed by atoms with Gasteiger partial charge in [0.1, 0.15) is 6.54 Å². The molecule has 2 aliphatic rings. The molecular formula is C13H21N3O4. The largest absolute Gasteiger partial charge is 0.481 e. The number of likely N-dealkylation sites (tertiary alicyclic amines) is 1. The molecule has 2 heterocycles. The second kappa shape index (κ2) is 5.30. The summed E-state index contributed by atoms with van der Waals surface area (Å²) in [6, 6.07) is -0.233. The number of carbonyl (C=O) groups is 3. The van der Waals surface area contributed by atoms with Crippen molar-refractivity contribution < 1.29 is 19.5 Å². The van der Waals surface area contributed by atoms with Crippen molar-refractivity contribution in [2.45, 2.75) is 20.3 Å². The Morgan fingerprint density at radius 1 is 1.30 bits per heavy atom. The number of rotatable bonds is 2. The Bertz CT molecular complexity index is 437. The zero-order valence-corrected chi connectivity index (χ0v) is 11.9. The zero-order chi connectivity index (χ0) is 14.9. The molecule has 0 spiro atoms. The second-order valence-corrected chi connectivity index (χ2v) is 5.84. The molecular weight excluding hydrogens is 262 g/mol. The summed E-state index contributed by atoms with van der Waals surface area (Å²) in [4.78, 5) is 38.3. The van der Waals surface area contributed by atoms with Crippen molar-refractivity contribution in [3.8, 4) is 0 Å². The van der Waals surface area contributed by atoms with Gasteiger partial charge in [-0.1, -0.05) is 13.8 Å². The predicted molar refractivity (Wildman–Crippen MR) is 71.1 cm³/mol. The fraction of sp³-hybridized carbons (Fsp3) is 0.769. The summed E-state index contributed by atoms with van der Waals surface area (Å²) in [6.07, 6.45) is 0.464. The van der Waals surface area contributed by atoms with Crippen LogP contribution in [0, 0.1) is 11.3 Å². The Hall–Kier alpha value is -1.79. The van der Waals surface area contributed by atoms with Crippen molar-refractivity contribution in [1.29, 1.82) is 0 Å². The smallest absolute Gasteiger partial charge is 0.320 e. The highest BCUT2D eigenvalue weighted by Gasteiger charge is 2.49. The summed E-state index contributed by atoms with van der Waals surface area (Å²) >= 11 is 0. The van der Waals surface area contributed by atoms with Crippen molar-refractivity contribution in [1.82, 2.24) is 15.1 Å². The fourth-order valence-corrected chi connectivity index (χ4v) is 2.89. The first kappa shape index (κ1) is 14.6. The minimum atomic E-state index is -0.867. The third-order valence-electron chi connectivity index (χ3n) is 4.41. The molecule has 2 rings (SSSR count). The lowest BCUT2D eigenvalue weighted by Crippen LogP contribution is -2.54. The van der Waals surface area contributed by atoms with Gasteiger partial charge in [0, 0.05) is 26.2 Å². The van der Waals surface area contributed by atoms with Crippen molar-refractivity contribution in [3.63, 3.8) is 0 Å². The average Bonchev–Trinajstić information content (AvgIpc) is 2.84. The van der Waals surface area contributed by atoms with Crippen LogP contribution < -0.4 is 5.32 Å². The summed E-state index contributed by atoms with van der Waals surface area (Å²) < 4.78 is 0. The summed E-state index contributed by atoms with van der Waals surface area (Å²) in [7, 11) is 0. The molecule has 0 aliphatic carbocycles. The molecule has 2 fully saturated rings. The van der Waals surface area contributed by atoms with E-state index in [0.717, 1.165) is 0 Å². The van der Waals surface area contributed by atoms with Crippen LogP contribution in [0.3, 0.4) is 0 Å². The number of nitrogens with zero attached hydrogens (tertiary/aromatic N) is 2. The molecule has 0 radical (unpaired) electrons. The maximum absolute atomic E-state index is 12.4. The van der Waals surface area contributed by atoms with Crippen molar-refractivity contribution in [2.75, 3.05) is 32.7 Å². The van der Waals surface area contributed by atoms with Gasteiger partial charge in [0.15, 0.2) is 0 Å². The summed E-state index contributed by atoms with van der Waals surface area (Å²) in [5, 5.41) is 12.1. The first-order valence-corrected chi connectivity index (χ1v) is 6.91. The van der Waals surface area contributed by atoms with Gasteiger partial charge in [-0.25, -0.2) is 4.79 Å². The molecule has 0 aromatic rings. The van der Waals surface area contributed by atoms with Gasteiger partial charge in [0.25, 0.3) is 0 Å². The van der Waals surface area contributed by atoms with Gasteiger partial charge < -0.3 is 20.2 Å². The molecule has 2 aliphatic heterocycles. The number of aliphatic carboxylic acids is 1. The van der Waals surface area contributed by atoms with Crippen LogP contribution >= 0.6 is 0 Å². The van der Waals surface area contributed by atoms with E-state index in [4.69, 9.17) is 0 Å². The highest BCUT2D eigenvalue weighted by atomic mass is 16.4. The third-order valence-corrected chi connectivity index (χ3v) is 4.41. The molecule has 2 saturated heterocycles. The van der Waals surface area contributed by atoms with Crippen LogP contribution in [0.2, 0.25) is 0 Å². The standard InChI is InChI=1S/C13H21N3O4/c1-9(2)13(11(18)19)3-5-16(8-13)12(20)15-6-4-14-10(17)7-15/h9H,3-8H2,1-2H3,(H,14,17)(H,18,19). The van der Waals surface area contributed by atoms with E-state index in [0.29, 0.717) is 26.1 Å². The summed E-state index contributed by atoms with van der Waals surface area (Å²) in [5.41, 5.74) is -0.867. The van der Waals surface area contributed by atoms with Crippen LogP contribution in [0.5, 0.6) is 0 Å². The topological polar surface area (TPSA) is 89.9 Å². The summed E-state index contributed by atoms with van der Waals surface area (Å²) in [6.45, 7) is 5.37. The van der Waals surface area contributed by atoms with Crippen molar-refractivity contribution in [2.24, 2.45) is 11.3 Å². The number of carboxylic acid groups (broad SMARTS) is 1. The highest BCUT2D eigenvalue weighted by molar-refractivity contribution is 5.86. The molecule has 3 amide bonds. The van der Waals surface area contributed by atoms with Crippen LogP contribution in [-0.4, -0.2) is 65.5 Å². The minimum Gasteiger partial charge on any atom is -0.481 e. The molecule has 112 valence electrons. The molecule has 7 heteroatoms. The van der Waals surface area contributed by atoms with Crippen LogP contribution in [0.25, 0.3) is 0 Å². The van der Waals surface area contributed by atoms with Crippen LogP contribution in [0.1, 0.15) is 20.3 Å². The predicted octanol–water partition coefficient (Wildman–Crippen LogP) is -0.0291. The molecule has 20 heavy (non-hydrogen) atoms. The van der Waals surface area contributed by atoms with E-state index < -0.39 is 11.4 Å². The Morgan fingerprint density at radius 2 is 2.00 bits per heavy atom. The number of nitrogens with one attached hydrogen (secondary N) is 1. The van der Waals surface area contributed by atoms with Gasteiger partial charge in [0.2, 0.25) is 5.91 Å². The normalized spacial score (nSPS) is 26.9. The highest BCUT2D eigenvalue weighted by Crippen LogP contribution is 2.38. The van der Waals surface area contributed by atoms with Gasteiger partial charge in [-0.3, -0.25) is 9.59 Å². The molecule has 0 aromatic carbocycles. The van der Waals surface area contributed by atoms with E-state index in [1.807, 2.05) is 13.8 Å². The van der Waals surface area contributed by atoms with E-state index in [-0.39, 0.29) is 30.9 Å². The Kier molecular flexibility index (Phi) is 3.87. The number of carboxylic acids is 1. The van der Waals surface area contributed by atoms with Crippen LogP contribution in [-0.2, 0) is 9.59 Å². The van der Waals surface area contributed by atoms with E-state index in [2.05, 4.69) is 5.32 Å². The molecule has 7 nitrogen and oxygen atoms in total. The number of carbonyl (C=O) groups excluding carboxylic acids is 2. The lowest BCUT2D eigenvalue weighted by Gasteiger charge is -2.32. The van der Waals surface area contributed by atoms with Crippen LogP contribution in [0.15, 0.2) is 0 Å². The average molecular weight is 283 g/mol. The Labute approximate surface area is 117 Å². The molecule has 0 aromatic heterocycles. The van der Waals surface area contributed by atoms with Crippen molar-refractivity contribution >= 4 is 17.9 Å². The molecule has 1 atom stereocenters. The van der Waals surface area contributed by atoms with Gasteiger partial charge >= 0.3 is 12.0 Å². The number of hydrogen-bond acceptors (Lipinski definition) is 3. The monoisotopic (exact) mass is 283 g/mol. The number of urea groups is 1. The Balaban J connectivity index is 2.06. The quantitative estimate of drug-likeness (QED) is 0.744. The molecule has 0 saturated carbocycles. The maximum Gasteiger partial charge on any atom is 0.320 e. The maximum atomic E-state index is 12.4. The van der Waals surface area contributed by atoms with Crippen LogP contribution in [0.4, 0.5) is 4.79 Å². The molecule has 0 bridgehead atoms. The zero-order valence-electron chi connectivity index (χ0n) is 11.9. The van der Waals surface area contributed by atoms with Crippen molar-refractivity contribution in [3.05, 3.63) is 0 Å². The van der Waals surface area contributed by atoms with Gasteiger partial charge in [-0.2, -0.15) is 0 Å². The number of piperazine rings is 1. The first-order chi connectivity index (χ1) is 9.36. The first-order valence-electron chi connectivity index (χ1n) is 6.91. The van der Waals surface area contributed by atoms with E-state index in [1.165, 1.54) is 4.90 Å². The summed E-state index contributed by atoms with van der Waals surface area (Å²) in [5.74, 6) is -1.06. The number of amides is 3. The minimum absolute atomic E-state index is 0.0394. The third kappa shape index (κ3) is 2.44. The molecule has 2 N–H and O–H groups in total. The lowest BCUT2D eigenvalue weighted by atomic mass is 9.76. The van der Waals surface area contributed by atoms with Gasteiger partial charge in [-0.05, 0) is 12.3 Å². The Morgan fingerprint density at radius 3 is 2.50 bits per heavy atom. The fourth-order valence-electron chi connectivity index (χ4n) is 2.89. The lowest BCUT2D eigenvalue weighted by molar-refractivity contribution is -0.150. The van der Waals surface area contributed by atoms with E-state index in [1.54, 1.807) is 4.90 Å². The van der Waals surface area contributed by atoms with Gasteiger partial charge in [-0.15, -0.1) is 0 Å².